The van der Waals surface area contributed by atoms with Gasteiger partial charge in [0.25, 0.3) is 11.1 Å². The molecule has 2 aliphatic rings. The minimum absolute atomic E-state index is 0.0484. The van der Waals surface area contributed by atoms with E-state index in [1.54, 1.807) is 29.2 Å². The highest BCUT2D eigenvalue weighted by atomic mass is 35.5. The third kappa shape index (κ3) is 5.34. The lowest BCUT2D eigenvalue weighted by Gasteiger charge is -2.27. The standard InChI is InChI=1S/C21H25ClN2O4S/c1-3-14(2)28-17-8-7-15(11-16(17)22)12-18-20(26)24(21(27)29-18)13-19(25)23-9-5-4-6-10-23/h7-8,11-12,14H,3-6,9-10,13H2,1-2H3/b18-12-/t14-/m1/s1. The Morgan fingerprint density at radius 2 is 2.00 bits per heavy atom. The Labute approximate surface area is 180 Å². The predicted octanol–water partition coefficient (Wildman–Crippen LogP) is 4.57. The molecule has 3 rings (SSSR count). The van der Waals surface area contributed by atoms with Crippen molar-refractivity contribution in [2.75, 3.05) is 19.6 Å². The van der Waals surface area contributed by atoms with Gasteiger partial charge in [-0.15, -0.1) is 0 Å². The summed E-state index contributed by atoms with van der Waals surface area (Å²) < 4.78 is 5.75. The van der Waals surface area contributed by atoms with Gasteiger partial charge < -0.3 is 9.64 Å². The lowest BCUT2D eigenvalue weighted by molar-refractivity contribution is -0.136. The topological polar surface area (TPSA) is 66.9 Å². The van der Waals surface area contributed by atoms with Crippen LogP contribution in [-0.4, -0.2) is 52.6 Å². The number of carbonyl (C=O) groups is 3. The van der Waals surface area contributed by atoms with Gasteiger partial charge in [0.15, 0.2) is 0 Å². The van der Waals surface area contributed by atoms with Crippen LogP contribution in [0.2, 0.25) is 5.02 Å². The first-order valence-corrected chi connectivity index (χ1v) is 11.1. The molecule has 1 atom stereocenters. The molecule has 0 aromatic heterocycles. The lowest BCUT2D eigenvalue weighted by atomic mass is 10.1. The summed E-state index contributed by atoms with van der Waals surface area (Å²) in [5.74, 6) is -0.0392. The number of thioether (sulfide) groups is 1. The summed E-state index contributed by atoms with van der Waals surface area (Å²) >= 11 is 7.13. The Bertz CT molecular complexity index is 836. The van der Waals surface area contributed by atoms with E-state index < -0.39 is 11.1 Å². The Kier molecular flexibility index (Phi) is 7.24. The lowest BCUT2D eigenvalue weighted by Crippen LogP contribution is -2.44. The average Bonchev–Trinajstić information content (AvgIpc) is 2.97. The van der Waals surface area contributed by atoms with Gasteiger partial charge in [0.1, 0.15) is 12.3 Å². The number of nitrogens with zero attached hydrogens (tertiary/aromatic N) is 2. The van der Waals surface area contributed by atoms with Gasteiger partial charge in [-0.1, -0.05) is 24.6 Å². The van der Waals surface area contributed by atoms with Gasteiger partial charge in [-0.2, -0.15) is 0 Å². The fraction of sp³-hybridized carbons (Fsp3) is 0.476. The Hall–Kier alpha value is -1.99. The van der Waals surface area contributed by atoms with E-state index in [1.807, 2.05) is 13.8 Å². The molecule has 0 aliphatic carbocycles. The number of likely N-dealkylation sites (tertiary alicyclic amines) is 1. The van der Waals surface area contributed by atoms with Crippen molar-refractivity contribution in [2.24, 2.45) is 0 Å². The molecule has 8 heteroatoms. The predicted molar refractivity (Wildman–Crippen MR) is 115 cm³/mol. The molecule has 2 aliphatic heterocycles. The summed E-state index contributed by atoms with van der Waals surface area (Å²) in [6, 6.07) is 5.24. The van der Waals surface area contributed by atoms with E-state index in [-0.39, 0.29) is 23.5 Å². The number of amides is 3. The largest absolute Gasteiger partial charge is 0.489 e. The van der Waals surface area contributed by atoms with E-state index in [0.29, 0.717) is 29.4 Å². The summed E-state index contributed by atoms with van der Waals surface area (Å²) in [5, 5.41) is 0.0213. The fourth-order valence-electron chi connectivity index (χ4n) is 3.17. The molecule has 29 heavy (non-hydrogen) atoms. The third-order valence-electron chi connectivity index (χ3n) is 5.03. The van der Waals surface area contributed by atoms with Crippen molar-refractivity contribution in [2.45, 2.75) is 45.6 Å². The summed E-state index contributed by atoms with van der Waals surface area (Å²) in [6.45, 7) is 5.16. The highest BCUT2D eigenvalue weighted by molar-refractivity contribution is 8.18. The molecule has 0 bridgehead atoms. The molecule has 2 heterocycles. The summed E-state index contributed by atoms with van der Waals surface area (Å²) in [7, 11) is 0. The van der Waals surface area contributed by atoms with E-state index in [1.165, 1.54) is 0 Å². The van der Waals surface area contributed by atoms with Crippen LogP contribution >= 0.6 is 23.4 Å². The monoisotopic (exact) mass is 436 g/mol. The maximum absolute atomic E-state index is 12.7. The zero-order chi connectivity index (χ0) is 21.0. The van der Waals surface area contributed by atoms with Crippen LogP contribution in [0.5, 0.6) is 5.75 Å². The molecule has 156 valence electrons. The summed E-state index contributed by atoms with van der Waals surface area (Å²) in [5.41, 5.74) is 0.694. The van der Waals surface area contributed by atoms with Crippen LogP contribution in [0.1, 0.15) is 45.1 Å². The molecule has 3 amide bonds. The number of halogens is 1. The van der Waals surface area contributed by atoms with Crippen molar-refractivity contribution in [1.29, 1.82) is 0 Å². The molecule has 0 spiro atoms. The minimum Gasteiger partial charge on any atom is -0.489 e. The van der Waals surface area contributed by atoms with E-state index in [2.05, 4.69) is 0 Å². The van der Waals surface area contributed by atoms with Crippen molar-refractivity contribution in [3.8, 4) is 5.75 Å². The number of hydrogen-bond acceptors (Lipinski definition) is 5. The van der Waals surface area contributed by atoms with Crippen LogP contribution in [0.15, 0.2) is 23.1 Å². The second-order valence-corrected chi connectivity index (χ2v) is 8.64. The number of carbonyl (C=O) groups excluding carboxylic acids is 3. The van der Waals surface area contributed by atoms with Crippen LogP contribution in [0.25, 0.3) is 6.08 Å². The van der Waals surface area contributed by atoms with E-state index in [0.717, 1.165) is 42.3 Å². The Balaban J connectivity index is 1.69. The highest BCUT2D eigenvalue weighted by Gasteiger charge is 2.37. The van der Waals surface area contributed by atoms with Gasteiger partial charge in [0, 0.05) is 13.1 Å². The fourth-order valence-corrected chi connectivity index (χ4v) is 4.24. The van der Waals surface area contributed by atoms with Crippen molar-refractivity contribution in [1.82, 2.24) is 9.80 Å². The second-order valence-electron chi connectivity index (χ2n) is 7.24. The molecule has 0 N–H and O–H groups in total. The average molecular weight is 437 g/mol. The van der Waals surface area contributed by atoms with Gasteiger partial charge in [0.05, 0.1) is 16.0 Å². The van der Waals surface area contributed by atoms with E-state index in [9.17, 15) is 14.4 Å². The molecule has 1 aromatic rings. The number of hydrogen-bond donors (Lipinski definition) is 0. The molecular weight excluding hydrogens is 412 g/mol. The molecule has 0 radical (unpaired) electrons. The first-order chi connectivity index (χ1) is 13.9. The van der Waals surface area contributed by atoms with Gasteiger partial charge >= 0.3 is 0 Å². The minimum atomic E-state index is -0.443. The summed E-state index contributed by atoms with van der Waals surface area (Å²) in [6.07, 6.45) is 5.57. The van der Waals surface area contributed by atoms with Crippen LogP contribution in [0.4, 0.5) is 4.79 Å². The van der Waals surface area contributed by atoms with Crippen LogP contribution in [0.3, 0.4) is 0 Å². The second kappa shape index (κ2) is 9.67. The number of rotatable bonds is 6. The molecule has 0 saturated carbocycles. The first kappa shape index (κ1) is 21.7. The molecule has 6 nitrogen and oxygen atoms in total. The highest BCUT2D eigenvalue weighted by Crippen LogP contribution is 2.34. The van der Waals surface area contributed by atoms with Crippen LogP contribution < -0.4 is 4.74 Å². The Morgan fingerprint density at radius 1 is 1.28 bits per heavy atom. The molecule has 2 fully saturated rings. The molecule has 2 saturated heterocycles. The van der Waals surface area contributed by atoms with Gasteiger partial charge in [0.2, 0.25) is 5.91 Å². The number of imide groups is 1. The van der Waals surface area contributed by atoms with Crippen molar-refractivity contribution in [3.63, 3.8) is 0 Å². The quantitative estimate of drug-likeness (QED) is 0.611. The number of benzene rings is 1. The SMILES string of the molecule is CC[C@@H](C)Oc1ccc(/C=C2\SC(=O)N(CC(=O)N3CCCCC3)C2=O)cc1Cl. The first-order valence-electron chi connectivity index (χ1n) is 9.88. The van der Waals surface area contributed by atoms with Crippen LogP contribution in [-0.2, 0) is 9.59 Å². The van der Waals surface area contributed by atoms with Crippen molar-refractivity contribution < 1.29 is 19.1 Å². The van der Waals surface area contributed by atoms with Gasteiger partial charge in [-0.25, -0.2) is 0 Å². The molecule has 1 aromatic carbocycles. The maximum atomic E-state index is 12.7. The smallest absolute Gasteiger partial charge is 0.294 e. The normalized spacial score (nSPS) is 19.8. The zero-order valence-electron chi connectivity index (χ0n) is 16.7. The summed E-state index contributed by atoms with van der Waals surface area (Å²) in [4.78, 5) is 40.4. The Morgan fingerprint density at radius 3 is 2.66 bits per heavy atom. The van der Waals surface area contributed by atoms with Gasteiger partial charge in [-0.3, -0.25) is 19.3 Å². The number of ether oxygens (including phenoxy) is 1. The number of piperidine rings is 1. The zero-order valence-corrected chi connectivity index (χ0v) is 18.2. The maximum Gasteiger partial charge on any atom is 0.294 e. The van der Waals surface area contributed by atoms with E-state index in [4.69, 9.17) is 16.3 Å². The van der Waals surface area contributed by atoms with Crippen molar-refractivity contribution in [3.05, 3.63) is 33.7 Å². The molecule has 0 unspecified atom stereocenters. The third-order valence-corrected chi connectivity index (χ3v) is 6.24. The van der Waals surface area contributed by atoms with E-state index >= 15 is 0 Å². The van der Waals surface area contributed by atoms with Crippen LogP contribution in [0, 0.1) is 0 Å². The molecular formula is C21H25ClN2O4S. The van der Waals surface area contributed by atoms with Gasteiger partial charge in [-0.05, 0) is 68.1 Å². The van der Waals surface area contributed by atoms with Crippen molar-refractivity contribution >= 4 is 46.5 Å².